The average Bonchev–Trinajstić information content (AvgIpc) is 2.31. The highest BCUT2D eigenvalue weighted by atomic mass is 35.5. The number of aromatic nitrogens is 2. The van der Waals surface area contributed by atoms with Crippen molar-refractivity contribution in [2.75, 3.05) is 0 Å². The molecule has 0 bridgehead atoms. The number of halogens is 1. The maximum atomic E-state index is 10.6. The first-order chi connectivity index (χ1) is 6.02. The summed E-state index contributed by atoms with van der Waals surface area (Å²) in [6, 6.07) is -0.491. The van der Waals surface area contributed by atoms with Crippen molar-refractivity contribution in [2.24, 2.45) is 18.5 Å². The van der Waals surface area contributed by atoms with Gasteiger partial charge in [-0.1, -0.05) is 11.6 Å². The van der Waals surface area contributed by atoms with Crippen LogP contribution in [0, 0.1) is 0 Å². The molecule has 1 aromatic heterocycles. The van der Waals surface area contributed by atoms with E-state index in [2.05, 4.69) is 4.98 Å². The molecule has 72 valence electrons. The largest absolute Gasteiger partial charge is 0.370 e. The summed E-state index contributed by atoms with van der Waals surface area (Å²) in [6.07, 6.45) is 1.55. The van der Waals surface area contributed by atoms with Crippen LogP contribution in [0.15, 0.2) is 6.20 Å². The minimum atomic E-state index is -0.491. The molecule has 1 atom stereocenters. The average molecular weight is 203 g/mol. The van der Waals surface area contributed by atoms with E-state index >= 15 is 0 Å². The van der Waals surface area contributed by atoms with Crippen LogP contribution < -0.4 is 11.5 Å². The molecule has 0 aliphatic carbocycles. The van der Waals surface area contributed by atoms with Gasteiger partial charge in [-0.25, -0.2) is 4.98 Å². The standard InChI is InChI=1S/C7H11ClN4O/c1-12-5(8)3-11-7(12)4(9)2-6(10)13/h3-4H,2,9H2,1H3,(H2,10,13)/t4-/m0/s1. The van der Waals surface area contributed by atoms with Gasteiger partial charge in [0.05, 0.1) is 12.2 Å². The molecule has 1 heterocycles. The minimum Gasteiger partial charge on any atom is -0.370 e. The number of primary amides is 1. The number of carbonyl (C=O) groups is 1. The number of amides is 1. The summed E-state index contributed by atoms with van der Waals surface area (Å²) in [5.41, 5.74) is 10.7. The Bertz CT molecular complexity index is 322. The van der Waals surface area contributed by atoms with Gasteiger partial charge in [-0.2, -0.15) is 0 Å². The molecular formula is C7H11ClN4O. The highest BCUT2D eigenvalue weighted by Gasteiger charge is 2.15. The Kier molecular flexibility index (Phi) is 2.90. The Morgan fingerprint density at radius 3 is 2.85 bits per heavy atom. The van der Waals surface area contributed by atoms with Crippen molar-refractivity contribution in [1.82, 2.24) is 9.55 Å². The fourth-order valence-corrected chi connectivity index (χ4v) is 1.19. The number of imidazole rings is 1. The second-order valence-corrected chi connectivity index (χ2v) is 3.16. The van der Waals surface area contributed by atoms with E-state index in [4.69, 9.17) is 23.1 Å². The first-order valence-electron chi connectivity index (χ1n) is 3.73. The summed E-state index contributed by atoms with van der Waals surface area (Å²) >= 11 is 5.74. The molecule has 0 saturated carbocycles. The molecule has 1 rings (SSSR count). The molecule has 6 heteroatoms. The van der Waals surface area contributed by atoms with Crippen LogP contribution in [0.1, 0.15) is 18.3 Å². The van der Waals surface area contributed by atoms with Crippen molar-refractivity contribution in [1.29, 1.82) is 0 Å². The van der Waals surface area contributed by atoms with Crippen molar-refractivity contribution < 1.29 is 4.79 Å². The van der Waals surface area contributed by atoms with Gasteiger partial charge in [0, 0.05) is 13.5 Å². The first-order valence-corrected chi connectivity index (χ1v) is 4.11. The summed E-state index contributed by atoms with van der Waals surface area (Å²) in [6.45, 7) is 0. The van der Waals surface area contributed by atoms with E-state index in [1.165, 1.54) is 6.20 Å². The number of hydrogen-bond donors (Lipinski definition) is 2. The summed E-state index contributed by atoms with van der Waals surface area (Å²) in [7, 11) is 1.73. The Morgan fingerprint density at radius 2 is 2.46 bits per heavy atom. The van der Waals surface area contributed by atoms with Gasteiger partial charge in [0.25, 0.3) is 0 Å². The zero-order valence-electron chi connectivity index (χ0n) is 7.20. The van der Waals surface area contributed by atoms with Crippen LogP contribution in [0.5, 0.6) is 0 Å². The lowest BCUT2D eigenvalue weighted by Gasteiger charge is -2.08. The third kappa shape index (κ3) is 2.19. The molecule has 0 aromatic carbocycles. The number of nitrogens with zero attached hydrogens (tertiary/aromatic N) is 2. The third-order valence-corrected chi connectivity index (χ3v) is 2.07. The Morgan fingerprint density at radius 1 is 1.85 bits per heavy atom. The number of hydrogen-bond acceptors (Lipinski definition) is 3. The zero-order valence-corrected chi connectivity index (χ0v) is 7.95. The van der Waals surface area contributed by atoms with E-state index in [0.717, 1.165) is 0 Å². The Balaban J connectivity index is 2.82. The Labute approximate surface area is 80.7 Å². The summed E-state index contributed by atoms with van der Waals surface area (Å²) in [5.74, 6) is 0.107. The number of nitrogens with two attached hydrogens (primary N) is 2. The molecule has 4 N–H and O–H groups in total. The fraction of sp³-hybridized carbons (Fsp3) is 0.429. The molecular weight excluding hydrogens is 192 g/mol. The van der Waals surface area contributed by atoms with Crippen LogP contribution in [0.4, 0.5) is 0 Å². The molecule has 0 aliphatic heterocycles. The normalized spacial score (nSPS) is 12.8. The predicted octanol–water partition coefficient (Wildman–Crippen LogP) is -0.0513. The van der Waals surface area contributed by atoms with Crippen LogP contribution in [0.2, 0.25) is 5.15 Å². The third-order valence-electron chi connectivity index (χ3n) is 1.72. The molecule has 1 amide bonds. The fourth-order valence-electron chi connectivity index (χ4n) is 1.05. The Hall–Kier alpha value is -1.07. The molecule has 0 spiro atoms. The van der Waals surface area contributed by atoms with Gasteiger partial charge >= 0.3 is 0 Å². The second-order valence-electron chi connectivity index (χ2n) is 2.78. The molecule has 0 saturated heterocycles. The van der Waals surface area contributed by atoms with Crippen molar-refractivity contribution >= 4 is 17.5 Å². The zero-order chi connectivity index (χ0) is 10.0. The lowest BCUT2D eigenvalue weighted by molar-refractivity contribution is -0.118. The van der Waals surface area contributed by atoms with Crippen molar-refractivity contribution in [3.05, 3.63) is 17.2 Å². The monoisotopic (exact) mass is 202 g/mol. The highest BCUT2D eigenvalue weighted by molar-refractivity contribution is 6.29. The van der Waals surface area contributed by atoms with Gasteiger partial charge < -0.3 is 16.0 Å². The van der Waals surface area contributed by atoms with E-state index in [0.29, 0.717) is 11.0 Å². The quantitative estimate of drug-likeness (QED) is 0.721. The smallest absolute Gasteiger partial charge is 0.219 e. The predicted molar refractivity (Wildman–Crippen MR) is 49.0 cm³/mol. The minimum absolute atomic E-state index is 0.0706. The maximum Gasteiger partial charge on any atom is 0.219 e. The van der Waals surface area contributed by atoms with Crippen molar-refractivity contribution in [2.45, 2.75) is 12.5 Å². The van der Waals surface area contributed by atoms with E-state index in [9.17, 15) is 4.79 Å². The molecule has 13 heavy (non-hydrogen) atoms. The van der Waals surface area contributed by atoms with E-state index in [1.54, 1.807) is 11.6 Å². The molecule has 0 unspecified atom stereocenters. The van der Waals surface area contributed by atoms with Crippen LogP contribution in [-0.4, -0.2) is 15.5 Å². The summed E-state index contributed by atoms with van der Waals surface area (Å²) in [5, 5.41) is 0.481. The highest BCUT2D eigenvalue weighted by Crippen LogP contribution is 2.16. The van der Waals surface area contributed by atoms with Gasteiger partial charge in [0.1, 0.15) is 11.0 Å². The molecule has 0 radical (unpaired) electrons. The molecule has 0 aliphatic rings. The van der Waals surface area contributed by atoms with Crippen molar-refractivity contribution in [3.63, 3.8) is 0 Å². The SMILES string of the molecule is Cn1c(Cl)cnc1[C@@H](N)CC(N)=O. The molecule has 5 nitrogen and oxygen atoms in total. The lowest BCUT2D eigenvalue weighted by Crippen LogP contribution is -2.23. The van der Waals surface area contributed by atoms with Gasteiger partial charge in [-0.3, -0.25) is 4.79 Å². The number of carbonyl (C=O) groups excluding carboxylic acids is 1. The topological polar surface area (TPSA) is 86.9 Å². The van der Waals surface area contributed by atoms with Crippen LogP contribution in [0.25, 0.3) is 0 Å². The van der Waals surface area contributed by atoms with Crippen LogP contribution in [0.3, 0.4) is 0 Å². The summed E-state index contributed by atoms with van der Waals surface area (Å²) in [4.78, 5) is 14.5. The van der Waals surface area contributed by atoms with Crippen LogP contribution >= 0.6 is 11.6 Å². The van der Waals surface area contributed by atoms with E-state index < -0.39 is 11.9 Å². The van der Waals surface area contributed by atoms with Crippen LogP contribution in [-0.2, 0) is 11.8 Å². The second kappa shape index (κ2) is 3.76. The van der Waals surface area contributed by atoms with Crippen molar-refractivity contribution in [3.8, 4) is 0 Å². The summed E-state index contributed by atoms with van der Waals surface area (Å²) < 4.78 is 1.62. The van der Waals surface area contributed by atoms with Gasteiger partial charge in [0.15, 0.2) is 0 Å². The lowest BCUT2D eigenvalue weighted by atomic mass is 10.2. The van der Waals surface area contributed by atoms with E-state index in [-0.39, 0.29) is 6.42 Å². The molecule has 0 fully saturated rings. The van der Waals surface area contributed by atoms with Gasteiger partial charge in [0.2, 0.25) is 5.91 Å². The van der Waals surface area contributed by atoms with E-state index in [1.807, 2.05) is 0 Å². The first kappa shape index (κ1) is 10.0. The molecule has 1 aromatic rings. The number of rotatable bonds is 3. The van der Waals surface area contributed by atoms with Gasteiger partial charge in [-0.05, 0) is 0 Å². The van der Waals surface area contributed by atoms with Gasteiger partial charge in [-0.15, -0.1) is 0 Å². The maximum absolute atomic E-state index is 10.6.